The first-order valence-corrected chi connectivity index (χ1v) is 11.8. The lowest BCUT2D eigenvalue weighted by Crippen LogP contribution is -2.31. The lowest BCUT2D eigenvalue weighted by Gasteiger charge is -2.34. The highest BCUT2D eigenvalue weighted by Gasteiger charge is 2.36. The Bertz CT molecular complexity index is 1100. The Morgan fingerprint density at radius 1 is 0.611 bits per heavy atom. The first-order chi connectivity index (χ1) is 17.5. The molecule has 1 heterocycles. The molecule has 0 unspecified atom stereocenters. The zero-order chi connectivity index (χ0) is 25.8. The fourth-order valence-corrected chi connectivity index (χ4v) is 4.89. The average molecular weight is 515 g/mol. The Morgan fingerprint density at radius 3 is 1.33 bits per heavy atom. The minimum atomic E-state index is -0.232. The molecular weight excluding hydrogens is 484 g/mol. The van der Waals surface area contributed by atoms with Crippen molar-refractivity contribution in [1.82, 2.24) is 0 Å². The number of anilines is 2. The second kappa shape index (κ2) is 11.0. The first kappa shape index (κ1) is 25.4. The van der Waals surface area contributed by atoms with Crippen LogP contribution in [0.5, 0.6) is 34.5 Å². The molecule has 192 valence electrons. The van der Waals surface area contributed by atoms with Crippen LogP contribution in [-0.2, 0) is 0 Å². The molecule has 1 saturated heterocycles. The summed E-state index contributed by atoms with van der Waals surface area (Å²) in [5, 5.41) is 0.666. The maximum atomic E-state index is 6.75. The van der Waals surface area contributed by atoms with Gasteiger partial charge in [0.1, 0.15) is 6.17 Å². The standard InChI is InChI=1S/C27H31ClN2O6/c1-31-21-13-17(14-22(32-2)25(21)35-5)29-11-12-30(27(29)19-9-7-8-10-20(19)28)18-15-23(33-3)26(36-6)24(16-18)34-4/h7-10,13-16,27H,11-12H2,1-6H3. The number of hydrogen-bond donors (Lipinski definition) is 0. The van der Waals surface area contributed by atoms with E-state index in [1.807, 2.05) is 48.5 Å². The van der Waals surface area contributed by atoms with Crippen LogP contribution in [0.2, 0.25) is 5.02 Å². The van der Waals surface area contributed by atoms with E-state index < -0.39 is 0 Å². The molecule has 0 amide bonds. The van der Waals surface area contributed by atoms with Gasteiger partial charge in [0.25, 0.3) is 0 Å². The van der Waals surface area contributed by atoms with Gasteiger partial charge in [-0.15, -0.1) is 0 Å². The van der Waals surface area contributed by atoms with Gasteiger partial charge in [-0.2, -0.15) is 0 Å². The highest BCUT2D eigenvalue weighted by Crippen LogP contribution is 2.48. The molecule has 0 aliphatic carbocycles. The number of nitrogens with zero attached hydrogens (tertiary/aromatic N) is 2. The van der Waals surface area contributed by atoms with Crippen molar-refractivity contribution in [3.05, 3.63) is 59.1 Å². The van der Waals surface area contributed by atoms with Crippen LogP contribution < -0.4 is 38.2 Å². The zero-order valence-corrected chi connectivity index (χ0v) is 22.1. The summed E-state index contributed by atoms with van der Waals surface area (Å²) < 4.78 is 33.6. The van der Waals surface area contributed by atoms with E-state index >= 15 is 0 Å². The molecule has 0 saturated carbocycles. The van der Waals surface area contributed by atoms with Gasteiger partial charge in [-0.05, 0) is 6.07 Å². The average Bonchev–Trinajstić information content (AvgIpc) is 3.36. The molecule has 3 aromatic rings. The van der Waals surface area contributed by atoms with Crippen LogP contribution in [0.1, 0.15) is 11.7 Å². The van der Waals surface area contributed by atoms with E-state index in [4.69, 9.17) is 40.0 Å². The molecule has 0 spiro atoms. The summed E-state index contributed by atoms with van der Waals surface area (Å²) in [6, 6.07) is 15.6. The van der Waals surface area contributed by atoms with Crippen molar-refractivity contribution < 1.29 is 28.4 Å². The van der Waals surface area contributed by atoms with E-state index in [0.29, 0.717) is 52.6 Å². The smallest absolute Gasteiger partial charge is 0.203 e. The molecule has 36 heavy (non-hydrogen) atoms. The first-order valence-electron chi connectivity index (χ1n) is 11.4. The third-order valence-corrected chi connectivity index (χ3v) is 6.66. The van der Waals surface area contributed by atoms with Crippen molar-refractivity contribution in [2.45, 2.75) is 6.17 Å². The zero-order valence-electron chi connectivity index (χ0n) is 21.3. The minimum absolute atomic E-state index is 0.232. The van der Waals surface area contributed by atoms with Gasteiger partial charge in [-0.3, -0.25) is 0 Å². The molecular formula is C27H31ClN2O6. The van der Waals surface area contributed by atoms with E-state index in [2.05, 4.69) is 9.80 Å². The van der Waals surface area contributed by atoms with Crippen LogP contribution in [0, 0.1) is 0 Å². The summed E-state index contributed by atoms with van der Waals surface area (Å²) in [7, 11) is 9.62. The quantitative estimate of drug-likeness (QED) is 0.375. The highest BCUT2D eigenvalue weighted by molar-refractivity contribution is 6.31. The molecule has 1 fully saturated rings. The Labute approximate surface area is 216 Å². The van der Waals surface area contributed by atoms with Gasteiger partial charge >= 0.3 is 0 Å². The number of ether oxygens (including phenoxy) is 6. The second-order valence-electron chi connectivity index (χ2n) is 8.05. The largest absolute Gasteiger partial charge is 0.493 e. The normalized spacial score (nSPS) is 13.5. The van der Waals surface area contributed by atoms with Gasteiger partial charge in [0.05, 0.1) is 42.7 Å². The number of rotatable bonds is 9. The third-order valence-electron chi connectivity index (χ3n) is 6.32. The second-order valence-corrected chi connectivity index (χ2v) is 8.46. The minimum Gasteiger partial charge on any atom is -0.493 e. The van der Waals surface area contributed by atoms with Crippen LogP contribution in [0.4, 0.5) is 11.4 Å². The van der Waals surface area contributed by atoms with E-state index in [1.165, 1.54) is 0 Å². The summed E-state index contributed by atoms with van der Waals surface area (Å²) in [6.45, 7) is 1.43. The van der Waals surface area contributed by atoms with E-state index in [-0.39, 0.29) is 6.17 Å². The van der Waals surface area contributed by atoms with Crippen molar-refractivity contribution in [3.8, 4) is 34.5 Å². The number of methoxy groups -OCH3 is 6. The molecule has 0 bridgehead atoms. The third kappa shape index (κ3) is 4.48. The monoisotopic (exact) mass is 514 g/mol. The summed E-state index contributed by atoms with van der Waals surface area (Å²) in [4.78, 5) is 4.52. The van der Waals surface area contributed by atoms with Gasteiger partial charge in [-0.1, -0.05) is 29.8 Å². The highest BCUT2D eigenvalue weighted by atomic mass is 35.5. The molecule has 8 nitrogen and oxygen atoms in total. The topological polar surface area (TPSA) is 61.9 Å². The maximum absolute atomic E-state index is 6.75. The van der Waals surface area contributed by atoms with E-state index in [0.717, 1.165) is 16.9 Å². The number of hydrogen-bond acceptors (Lipinski definition) is 8. The van der Waals surface area contributed by atoms with Crippen LogP contribution in [0.3, 0.4) is 0 Å². The summed E-state index contributed by atoms with van der Waals surface area (Å²) in [5.41, 5.74) is 2.77. The lowest BCUT2D eigenvalue weighted by atomic mass is 10.1. The fraction of sp³-hybridized carbons (Fsp3) is 0.333. The van der Waals surface area contributed by atoms with Crippen molar-refractivity contribution in [1.29, 1.82) is 0 Å². The Kier molecular flexibility index (Phi) is 7.74. The summed E-state index contributed by atoms with van der Waals surface area (Å²) in [6.07, 6.45) is -0.232. The Balaban J connectivity index is 1.88. The van der Waals surface area contributed by atoms with Crippen molar-refractivity contribution in [2.75, 3.05) is 65.5 Å². The van der Waals surface area contributed by atoms with Crippen molar-refractivity contribution in [3.63, 3.8) is 0 Å². The molecule has 0 atom stereocenters. The Morgan fingerprint density at radius 2 is 1.00 bits per heavy atom. The lowest BCUT2D eigenvalue weighted by molar-refractivity contribution is 0.324. The molecule has 1 aliphatic rings. The molecule has 0 aromatic heterocycles. The molecule has 0 radical (unpaired) electrons. The van der Waals surface area contributed by atoms with Gasteiger partial charge in [0.15, 0.2) is 23.0 Å². The SMILES string of the molecule is COc1cc(N2CCN(c3cc(OC)c(OC)c(OC)c3)C2c2ccccc2Cl)cc(OC)c1OC. The predicted molar refractivity (Wildman–Crippen MR) is 141 cm³/mol. The summed E-state index contributed by atoms with van der Waals surface area (Å²) in [5.74, 6) is 3.40. The predicted octanol–water partition coefficient (Wildman–Crippen LogP) is 5.42. The van der Waals surface area contributed by atoms with Crippen molar-refractivity contribution >= 4 is 23.0 Å². The molecule has 1 aliphatic heterocycles. The van der Waals surface area contributed by atoms with Crippen LogP contribution in [-0.4, -0.2) is 55.7 Å². The van der Waals surface area contributed by atoms with E-state index in [9.17, 15) is 0 Å². The number of halogens is 1. The van der Waals surface area contributed by atoms with Crippen LogP contribution in [0.25, 0.3) is 0 Å². The Hall–Kier alpha value is -3.65. The van der Waals surface area contributed by atoms with Gasteiger partial charge in [-0.25, -0.2) is 0 Å². The van der Waals surface area contributed by atoms with Crippen LogP contribution >= 0.6 is 11.6 Å². The molecule has 9 heteroatoms. The summed E-state index contributed by atoms with van der Waals surface area (Å²) >= 11 is 6.75. The number of benzene rings is 3. The van der Waals surface area contributed by atoms with Crippen LogP contribution in [0.15, 0.2) is 48.5 Å². The van der Waals surface area contributed by atoms with Crippen molar-refractivity contribution in [2.24, 2.45) is 0 Å². The molecule has 3 aromatic carbocycles. The van der Waals surface area contributed by atoms with Gasteiger partial charge in [0, 0.05) is 59.3 Å². The molecule has 4 rings (SSSR count). The van der Waals surface area contributed by atoms with Gasteiger partial charge < -0.3 is 38.2 Å². The maximum Gasteiger partial charge on any atom is 0.203 e. The fourth-order valence-electron chi connectivity index (χ4n) is 4.66. The van der Waals surface area contributed by atoms with E-state index in [1.54, 1.807) is 42.7 Å². The van der Waals surface area contributed by atoms with Gasteiger partial charge in [0.2, 0.25) is 11.5 Å². The molecule has 0 N–H and O–H groups in total.